The number of rotatable bonds is 9. The summed E-state index contributed by atoms with van der Waals surface area (Å²) in [5.41, 5.74) is 3.12. The minimum absolute atomic E-state index is 0.0596. The van der Waals surface area contributed by atoms with Crippen LogP contribution in [0.1, 0.15) is 60.5 Å². The maximum absolute atomic E-state index is 12.7. The summed E-state index contributed by atoms with van der Waals surface area (Å²) in [6.07, 6.45) is 6.48. The zero-order valence-corrected chi connectivity index (χ0v) is 21.1. The molecule has 7 heteroatoms. The molecule has 0 atom stereocenters. The molecule has 3 rings (SSSR count). The number of hydrogen-bond donors (Lipinski definition) is 1. The van der Waals surface area contributed by atoms with Crippen LogP contribution >= 0.6 is 11.8 Å². The molecule has 1 aliphatic carbocycles. The summed E-state index contributed by atoms with van der Waals surface area (Å²) in [6.45, 7) is 3.58. The highest BCUT2D eigenvalue weighted by Crippen LogP contribution is 2.26. The first-order valence-electron chi connectivity index (χ1n) is 11.9. The highest BCUT2D eigenvalue weighted by atomic mass is 32.2. The van der Waals surface area contributed by atoms with Crippen LogP contribution in [0.2, 0.25) is 0 Å². The molecule has 2 aromatic carbocycles. The van der Waals surface area contributed by atoms with Gasteiger partial charge in [0.2, 0.25) is 5.91 Å². The molecule has 6 nitrogen and oxygen atoms in total. The largest absolute Gasteiger partial charge is 0.452 e. The van der Waals surface area contributed by atoms with Crippen molar-refractivity contribution < 1.29 is 19.1 Å². The van der Waals surface area contributed by atoms with Gasteiger partial charge in [-0.25, -0.2) is 4.79 Å². The van der Waals surface area contributed by atoms with E-state index in [9.17, 15) is 14.4 Å². The van der Waals surface area contributed by atoms with Gasteiger partial charge in [0.05, 0.1) is 11.3 Å². The second-order valence-electron chi connectivity index (χ2n) is 8.67. The average molecular weight is 483 g/mol. The third-order valence-electron chi connectivity index (χ3n) is 6.31. The van der Waals surface area contributed by atoms with Crippen LogP contribution in [0, 0.1) is 6.92 Å². The van der Waals surface area contributed by atoms with E-state index in [0.717, 1.165) is 36.1 Å². The molecular formula is C27H34N2O4S. The molecule has 2 aromatic rings. The number of anilines is 1. The van der Waals surface area contributed by atoms with Crippen molar-refractivity contribution in [2.45, 2.75) is 63.3 Å². The molecule has 1 fully saturated rings. The second kappa shape index (κ2) is 12.6. The van der Waals surface area contributed by atoms with Crippen LogP contribution in [-0.2, 0) is 20.7 Å². The van der Waals surface area contributed by atoms with E-state index >= 15 is 0 Å². The fourth-order valence-electron chi connectivity index (χ4n) is 4.26. The third kappa shape index (κ3) is 6.86. The second-order valence-corrected chi connectivity index (χ2v) is 9.69. The SMILES string of the molecule is CCc1cccc(C)c1NC(=O)COC(=O)c1ccccc1SCC(=O)N(C)C1CCCCC1. The Hall–Kier alpha value is -2.80. The molecule has 0 radical (unpaired) electrons. The molecule has 34 heavy (non-hydrogen) atoms. The number of amides is 2. The molecule has 1 aliphatic rings. The van der Waals surface area contributed by atoms with E-state index in [1.807, 2.05) is 50.1 Å². The topological polar surface area (TPSA) is 75.7 Å². The van der Waals surface area contributed by atoms with Gasteiger partial charge in [-0.05, 0) is 49.4 Å². The van der Waals surface area contributed by atoms with Gasteiger partial charge < -0.3 is 15.0 Å². The van der Waals surface area contributed by atoms with Crippen molar-refractivity contribution in [3.8, 4) is 0 Å². The Morgan fingerprint density at radius 3 is 2.53 bits per heavy atom. The molecule has 182 valence electrons. The predicted molar refractivity (Wildman–Crippen MR) is 136 cm³/mol. The Morgan fingerprint density at radius 1 is 1.06 bits per heavy atom. The number of aryl methyl sites for hydroxylation is 2. The summed E-state index contributed by atoms with van der Waals surface area (Å²) in [6, 6.07) is 13.2. The van der Waals surface area contributed by atoms with Gasteiger partial charge in [0.25, 0.3) is 5.91 Å². The lowest BCUT2D eigenvalue weighted by Crippen LogP contribution is -2.39. The van der Waals surface area contributed by atoms with Gasteiger partial charge in [-0.15, -0.1) is 11.8 Å². The third-order valence-corrected chi connectivity index (χ3v) is 7.37. The van der Waals surface area contributed by atoms with Gasteiger partial charge in [0.1, 0.15) is 0 Å². The number of benzene rings is 2. The first-order valence-corrected chi connectivity index (χ1v) is 12.9. The molecule has 1 N–H and O–H groups in total. The zero-order chi connectivity index (χ0) is 24.5. The highest BCUT2D eigenvalue weighted by molar-refractivity contribution is 8.00. The number of esters is 1. The summed E-state index contributed by atoms with van der Waals surface area (Å²) >= 11 is 1.33. The fraction of sp³-hybridized carbons (Fsp3) is 0.444. The van der Waals surface area contributed by atoms with Crippen LogP contribution in [0.15, 0.2) is 47.4 Å². The van der Waals surface area contributed by atoms with Crippen LogP contribution in [-0.4, -0.2) is 48.1 Å². The van der Waals surface area contributed by atoms with E-state index in [2.05, 4.69) is 5.32 Å². The Labute approximate surface area is 206 Å². The molecule has 0 unspecified atom stereocenters. The lowest BCUT2D eigenvalue weighted by molar-refractivity contribution is -0.129. The highest BCUT2D eigenvalue weighted by Gasteiger charge is 2.23. The lowest BCUT2D eigenvalue weighted by Gasteiger charge is -2.31. The van der Waals surface area contributed by atoms with Gasteiger partial charge >= 0.3 is 5.97 Å². The van der Waals surface area contributed by atoms with Gasteiger partial charge in [0, 0.05) is 23.7 Å². The number of nitrogens with one attached hydrogen (secondary N) is 1. The van der Waals surface area contributed by atoms with Crippen LogP contribution in [0.25, 0.3) is 0 Å². The monoisotopic (exact) mass is 482 g/mol. The summed E-state index contributed by atoms with van der Waals surface area (Å²) in [5.74, 6) is -0.645. The van der Waals surface area contributed by atoms with Crippen molar-refractivity contribution in [2.24, 2.45) is 0 Å². The Kier molecular flexibility index (Phi) is 9.57. The summed E-state index contributed by atoms with van der Waals surface area (Å²) < 4.78 is 5.31. The Balaban J connectivity index is 1.55. The quantitative estimate of drug-likeness (QED) is 0.391. The first-order chi connectivity index (χ1) is 16.4. The molecular weight excluding hydrogens is 448 g/mol. The first kappa shape index (κ1) is 25.8. The number of carbonyl (C=O) groups is 3. The maximum Gasteiger partial charge on any atom is 0.339 e. The molecule has 0 aromatic heterocycles. The van der Waals surface area contributed by atoms with Gasteiger partial charge in [-0.3, -0.25) is 9.59 Å². The van der Waals surface area contributed by atoms with Crippen molar-refractivity contribution in [3.05, 3.63) is 59.2 Å². The number of ether oxygens (including phenoxy) is 1. The minimum atomic E-state index is -0.577. The molecule has 0 aliphatic heterocycles. The molecule has 0 heterocycles. The van der Waals surface area contributed by atoms with Crippen molar-refractivity contribution in [2.75, 3.05) is 24.7 Å². The van der Waals surface area contributed by atoms with Crippen molar-refractivity contribution in [1.29, 1.82) is 0 Å². The van der Waals surface area contributed by atoms with Crippen molar-refractivity contribution in [1.82, 2.24) is 4.90 Å². The average Bonchev–Trinajstić information content (AvgIpc) is 2.87. The van der Waals surface area contributed by atoms with Gasteiger partial charge in [0.15, 0.2) is 6.61 Å². The maximum atomic E-state index is 12.7. The minimum Gasteiger partial charge on any atom is -0.452 e. The smallest absolute Gasteiger partial charge is 0.339 e. The molecule has 0 bridgehead atoms. The Morgan fingerprint density at radius 2 is 1.79 bits per heavy atom. The predicted octanol–water partition coefficient (Wildman–Crippen LogP) is 5.24. The fourth-order valence-corrected chi connectivity index (χ4v) is 5.23. The normalized spacial score (nSPS) is 13.9. The standard InChI is InChI=1S/C27H34N2O4S/c1-4-20-12-10-11-19(2)26(20)28-24(30)17-33-27(32)22-15-8-9-16-23(22)34-18-25(31)29(3)21-13-6-5-7-14-21/h8-12,15-16,21H,4-7,13-14,17-18H2,1-3H3,(H,28,30). The van der Waals surface area contributed by atoms with E-state index in [-0.39, 0.29) is 24.2 Å². The molecule has 2 amide bonds. The summed E-state index contributed by atoms with van der Waals surface area (Å²) in [4.78, 5) is 40.4. The van der Waals surface area contributed by atoms with E-state index in [1.54, 1.807) is 18.2 Å². The number of para-hydroxylation sites is 1. The zero-order valence-electron chi connectivity index (χ0n) is 20.3. The van der Waals surface area contributed by atoms with Crippen LogP contribution in [0.3, 0.4) is 0 Å². The number of nitrogens with zero attached hydrogens (tertiary/aromatic N) is 1. The summed E-state index contributed by atoms with van der Waals surface area (Å²) in [7, 11) is 1.87. The lowest BCUT2D eigenvalue weighted by atomic mass is 9.94. The van der Waals surface area contributed by atoms with Crippen LogP contribution in [0.5, 0.6) is 0 Å². The number of carbonyl (C=O) groups excluding carboxylic acids is 3. The number of thioether (sulfide) groups is 1. The van der Waals surface area contributed by atoms with Crippen LogP contribution < -0.4 is 5.32 Å². The van der Waals surface area contributed by atoms with E-state index < -0.39 is 5.97 Å². The van der Waals surface area contributed by atoms with E-state index in [0.29, 0.717) is 16.5 Å². The molecule has 1 saturated carbocycles. The van der Waals surface area contributed by atoms with Crippen LogP contribution in [0.4, 0.5) is 5.69 Å². The van der Waals surface area contributed by atoms with Gasteiger partial charge in [-0.1, -0.05) is 56.5 Å². The molecule has 0 spiro atoms. The molecule has 0 saturated heterocycles. The summed E-state index contributed by atoms with van der Waals surface area (Å²) in [5, 5.41) is 2.86. The van der Waals surface area contributed by atoms with E-state index in [4.69, 9.17) is 4.74 Å². The van der Waals surface area contributed by atoms with E-state index in [1.165, 1.54) is 31.0 Å². The van der Waals surface area contributed by atoms with Gasteiger partial charge in [-0.2, -0.15) is 0 Å². The number of hydrogen-bond acceptors (Lipinski definition) is 5. The van der Waals surface area contributed by atoms with Crippen molar-refractivity contribution in [3.63, 3.8) is 0 Å². The Bertz CT molecular complexity index is 1020. The van der Waals surface area contributed by atoms with Crippen molar-refractivity contribution >= 4 is 35.2 Å².